The molecule has 0 amide bonds. The third kappa shape index (κ3) is 9.09. The van der Waals surface area contributed by atoms with Gasteiger partial charge in [0.25, 0.3) is 0 Å². The van der Waals surface area contributed by atoms with Gasteiger partial charge >= 0.3 is 0 Å². The molecule has 11 aromatic rings. The Morgan fingerprint density at radius 1 is 0.208 bits per heavy atom. The van der Waals surface area contributed by atoms with Crippen LogP contribution >= 0.6 is 0 Å². The molecular formula is C70H60N2. The Hall–Kier alpha value is -8.46. The average Bonchev–Trinajstić information content (AvgIpc) is 3.41. The number of anilines is 6. The zero-order valence-corrected chi connectivity index (χ0v) is 42.1. The number of hydrogen-bond acceptors (Lipinski definition) is 2. The third-order valence-corrected chi connectivity index (χ3v) is 14.0. The number of rotatable bonds is 10. The molecule has 0 aliphatic carbocycles. The SMILES string of the molecule is CC(C)(C)c1c2ccc(N(c3ccc(-c4ccccc4)cc3)c3ccc(-c4ccccc4)cc3)cc2c(C(C)(C)C)c2ccc(N(c3ccc(-c4ccccc4)cc3)c3ccc(-c4ccccc4)cc3)cc12. The van der Waals surface area contributed by atoms with Gasteiger partial charge < -0.3 is 9.80 Å². The van der Waals surface area contributed by atoms with Crippen molar-refractivity contribution < 1.29 is 0 Å². The van der Waals surface area contributed by atoms with Crippen LogP contribution in [-0.4, -0.2) is 0 Å². The molecule has 0 fully saturated rings. The first-order valence-electron chi connectivity index (χ1n) is 25.2. The Kier molecular flexibility index (Phi) is 12.2. The number of nitrogens with zero attached hydrogens (tertiary/aromatic N) is 2. The fourth-order valence-corrected chi connectivity index (χ4v) is 10.7. The molecule has 0 spiro atoms. The highest BCUT2D eigenvalue weighted by molar-refractivity contribution is 6.10. The minimum Gasteiger partial charge on any atom is -0.310 e. The zero-order valence-electron chi connectivity index (χ0n) is 42.1. The van der Waals surface area contributed by atoms with Gasteiger partial charge in [-0.15, -0.1) is 0 Å². The number of benzene rings is 11. The maximum atomic E-state index is 2.46. The van der Waals surface area contributed by atoms with E-state index in [1.807, 2.05) is 0 Å². The van der Waals surface area contributed by atoms with Crippen LogP contribution in [0.5, 0.6) is 0 Å². The number of hydrogen-bond donors (Lipinski definition) is 0. The van der Waals surface area contributed by atoms with E-state index < -0.39 is 0 Å². The molecule has 0 aromatic heterocycles. The molecule has 11 rings (SSSR count). The van der Waals surface area contributed by atoms with E-state index in [1.165, 1.54) is 77.2 Å². The van der Waals surface area contributed by atoms with E-state index in [0.29, 0.717) is 0 Å². The van der Waals surface area contributed by atoms with Gasteiger partial charge in [-0.05, 0) is 161 Å². The van der Waals surface area contributed by atoms with Crippen LogP contribution in [0.25, 0.3) is 66.1 Å². The third-order valence-electron chi connectivity index (χ3n) is 14.0. The van der Waals surface area contributed by atoms with Crippen LogP contribution < -0.4 is 9.80 Å². The summed E-state index contributed by atoms with van der Waals surface area (Å²) in [5.74, 6) is 0. The molecule has 72 heavy (non-hydrogen) atoms. The average molecular weight is 929 g/mol. The molecule has 0 saturated carbocycles. The topological polar surface area (TPSA) is 6.48 Å². The second kappa shape index (κ2) is 19.0. The van der Waals surface area contributed by atoms with Crippen molar-refractivity contribution in [1.82, 2.24) is 0 Å². The summed E-state index contributed by atoms with van der Waals surface area (Å²) in [6, 6.07) is 93.1. The fraction of sp³-hybridized carbons (Fsp3) is 0.114. The van der Waals surface area contributed by atoms with Crippen molar-refractivity contribution >= 4 is 55.7 Å². The van der Waals surface area contributed by atoms with Crippen LogP contribution in [-0.2, 0) is 10.8 Å². The molecule has 0 saturated heterocycles. The highest BCUT2D eigenvalue weighted by Gasteiger charge is 2.29. The normalized spacial score (nSPS) is 11.8. The van der Waals surface area contributed by atoms with Crippen molar-refractivity contribution in [2.75, 3.05) is 9.80 Å². The Labute approximate surface area is 426 Å². The first-order chi connectivity index (χ1) is 35.0. The molecule has 2 heteroatoms. The predicted octanol–water partition coefficient (Wildman–Crippen LogP) is 20.2. The highest BCUT2D eigenvalue weighted by Crippen LogP contribution is 2.48. The highest BCUT2D eigenvalue weighted by atomic mass is 15.1. The monoisotopic (exact) mass is 928 g/mol. The summed E-state index contributed by atoms with van der Waals surface area (Å²) < 4.78 is 0. The molecule has 11 aromatic carbocycles. The minimum absolute atomic E-state index is 0.188. The molecule has 350 valence electrons. The molecule has 2 nitrogen and oxygen atoms in total. The van der Waals surface area contributed by atoms with Crippen LogP contribution in [0.15, 0.2) is 255 Å². The second-order valence-corrected chi connectivity index (χ2v) is 21.0. The van der Waals surface area contributed by atoms with Gasteiger partial charge in [0.1, 0.15) is 0 Å². The maximum absolute atomic E-state index is 2.46. The van der Waals surface area contributed by atoms with Gasteiger partial charge in [-0.1, -0.05) is 224 Å². The van der Waals surface area contributed by atoms with Crippen LogP contribution in [0.2, 0.25) is 0 Å². The molecule has 0 radical (unpaired) electrons. The van der Waals surface area contributed by atoms with E-state index in [-0.39, 0.29) is 10.8 Å². The Morgan fingerprint density at radius 2 is 0.417 bits per heavy atom. The standard InChI is InChI=1S/C70H60N2/c1-69(2,3)67-63-45-43-62(72(59-39-31-55(32-40-59)51-23-15-9-16-24-51)60-41-33-56(34-42-60)52-25-17-10-18-26-52)48-66(63)68(70(4,5)6)64-46-44-61(47-65(64)67)71(57-35-27-53(28-36-57)49-19-11-7-12-20-49)58-37-29-54(30-38-58)50-21-13-8-14-22-50/h7-48H,1-6H3. The van der Waals surface area contributed by atoms with E-state index in [1.54, 1.807) is 0 Å². The lowest BCUT2D eigenvalue weighted by molar-refractivity contribution is 0.593. The number of fused-ring (bicyclic) bond motifs is 2. The van der Waals surface area contributed by atoms with Gasteiger partial charge in [-0.2, -0.15) is 0 Å². The molecular weight excluding hydrogens is 869 g/mol. The van der Waals surface area contributed by atoms with Gasteiger partial charge in [0, 0.05) is 34.1 Å². The van der Waals surface area contributed by atoms with Crippen LogP contribution in [0.4, 0.5) is 34.1 Å². The lowest BCUT2D eigenvalue weighted by atomic mass is 9.74. The lowest BCUT2D eigenvalue weighted by Gasteiger charge is -2.33. The van der Waals surface area contributed by atoms with E-state index in [0.717, 1.165) is 34.1 Å². The first kappa shape index (κ1) is 46.0. The van der Waals surface area contributed by atoms with Crippen LogP contribution in [0, 0.1) is 0 Å². The molecule has 0 atom stereocenters. The molecule has 0 N–H and O–H groups in total. The quantitative estimate of drug-likeness (QED) is 0.126. The van der Waals surface area contributed by atoms with Gasteiger partial charge in [0.15, 0.2) is 0 Å². The van der Waals surface area contributed by atoms with Crippen molar-refractivity contribution in [3.8, 4) is 44.5 Å². The van der Waals surface area contributed by atoms with E-state index in [9.17, 15) is 0 Å². The van der Waals surface area contributed by atoms with Crippen LogP contribution in [0.3, 0.4) is 0 Å². The van der Waals surface area contributed by atoms with Crippen molar-refractivity contribution in [2.24, 2.45) is 0 Å². The summed E-state index contributed by atoms with van der Waals surface area (Å²) in [5.41, 5.74) is 18.6. The van der Waals surface area contributed by atoms with Gasteiger partial charge in [-0.3, -0.25) is 0 Å². The minimum atomic E-state index is -0.188. The molecule has 0 unspecified atom stereocenters. The zero-order chi connectivity index (χ0) is 49.4. The summed E-state index contributed by atoms with van der Waals surface area (Å²) >= 11 is 0. The first-order valence-corrected chi connectivity index (χ1v) is 25.2. The second-order valence-electron chi connectivity index (χ2n) is 21.0. The molecule has 0 aliphatic rings. The van der Waals surface area contributed by atoms with Crippen molar-refractivity contribution in [3.05, 3.63) is 266 Å². The largest absolute Gasteiger partial charge is 0.310 e. The van der Waals surface area contributed by atoms with E-state index in [2.05, 4.69) is 306 Å². The van der Waals surface area contributed by atoms with E-state index >= 15 is 0 Å². The summed E-state index contributed by atoms with van der Waals surface area (Å²) in [7, 11) is 0. The summed E-state index contributed by atoms with van der Waals surface area (Å²) in [6.07, 6.45) is 0. The smallest absolute Gasteiger partial charge is 0.0468 e. The Balaban J connectivity index is 1.09. The Morgan fingerprint density at radius 3 is 0.639 bits per heavy atom. The maximum Gasteiger partial charge on any atom is 0.0468 e. The van der Waals surface area contributed by atoms with Gasteiger partial charge in [-0.25, -0.2) is 0 Å². The molecule has 0 aliphatic heterocycles. The fourth-order valence-electron chi connectivity index (χ4n) is 10.7. The molecule has 0 bridgehead atoms. The molecule has 0 heterocycles. The predicted molar refractivity (Wildman–Crippen MR) is 310 cm³/mol. The summed E-state index contributed by atoms with van der Waals surface area (Å²) in [6.45, 7) is 14.2. The van der Waals surface area contributed by atoms with Crippen LogP contribution in [0.1, 0.15) is 52.7 Å². The van der Waals surface area contributed by atoms with Gasteiger partial charge in [0.05, 0.1) is 0 Å². The van der Waals surface area contributed by atoms with Crippen molar-refractivity contribution in [3.63, 3.8) is 0 Å². The van der Waals surface area contributed by atoms with Crippen molar-refractivity contribution in [1.29, 1.82) is 0 Å². The lowest BCUT2D eigenvalue weighted by Crippen LogP contribution is -2.18. The summed E-state index contributed by atoms with van der Waals surface area (Å²) in [5, 5.41) is 5.12. The summed E-state index contributed by atoms with van der Waals surface area (Å²) in [4.78, 5) is 4.84. The van der Waals surface area contributed by atoms with Gasteiger partial charge in [0.2, 0.25) is 0 Å². The Bertz CT molecular complexity index is 3210. The van der Waals surface area contributed by atoms with E-state index in [4.69, 9.17) is 0 Å². The van der Waals surface area contributed by atoms with Crippen molar-refractivity contribution in [2.45, 2.75) is 52.4 Å².